The minimum Gasteiger partial charge on any atom is -0.144 e. The van der Waals surface area contributed by atoms with Gasteiger partial charge in [-0.15, -0.1) is 35.6 Å². The van der Waals surface area contributed by atoms with E-state index in [1.54, 1.807) is 11.3 Å². The van der Waals surface area contributed by atoms with Gasteiger partial charge in [0.15, 0.2) is 0 Å². The van der Waals surface area contributed by atoms with Crippen molar-refractivity contribution in [1.29, 1.82) is 0 Å². The molecule has 0 radical (unpaired) electrons. The molecule has 4 heteroatoms. The molecule has 68 valence electrons. The molecule has 13 heavy (non-hydrogen) atoms. The van der Waals surface area contributed by atoms with Crippen molar-refractivity contribution < 1.29 is 0 Å². The third-order valence-electron chi connectivity index (χ3n) is 1.91. The van der Waals surface area contributed by atoms with Crippen LogP contribution in [0.1, 0.15) is 5.56 Å². The minimum atomic E-state index is 0.491. The molecule has 0 bridgehead atoms. The molecule has 0 amide bonds. The summed E-state index contributed by atoms with van der Waals surface area (Å²) in [5.74, 6) is 0.491. The van der Waals surface area contributed by atoms with Gasteiger partial charge in [-0.2, -0.15) is 0 Å². The lowest BCUT2D eigenvalue weighted by Gasteiger charge is -2.05. The van der Waals surface area contributed by atoms with Crippen molar-refractivity contribution in [3.8, 4) is 0 Å². The predicted octanol–water partition coefficient (Wildman–Crippen LogP) is 4.69. The van der Waals surface area contributed by atoms with E-state index in [-0.39, 0.29) is 0 Å². The molecule has 0 atom stereocenters. The number of rotatable bonds is 1. The first-order valence-corrected chi connectivity index (χ1v) is 6.33. The molecular weight excluding hydrogens is 288 g/mol. The summed E-state index contributed by atoms with van der Waals surface area (Å²) in [6, 6.07) is 4.15. The van der Waals surface area contributed by atoms with Gasteiger partial charge in [0.25, 0.3) is 0 Å². The number of halogens is 2. The highest BCUT2D eigenvalue weighted by Gasteiger charge is 2.08. The van der Waals surface area contributed by atoms with E-state index >= 15 is 0 Å². The molecule has 0 aliphatic carbocycles. The van der Waals surface area contributed by atoms with Gasteiger partial charge < -0.3 is 0 Å². The molecule has 0 spiro atoms. The van der Waals surface area contributed by atoms with Crippen molar-refractivity contribution in [3.63, 3.8) is 0 Å². The summed E-state index contributed by atoms with van der Waals surface area (Å²) in [6.07, 6.45) is 0. The van der Waals surface area contributed by atoms with Crippen LogP contribution in [0.5, 0.6) is 0 Å². The molecular formula is C9H6BrClS2. The number of hydrogen-bond donors (Lipinski definition) is 1. The van der Waals surface area contributed by atoms with Crippen molar-refractivity contribution in [2.24, 2.45) is 0 Å². The third-order valence-corrected chi connectivity index (χ3v) is 4.34. The molecule has 0 nitrogen and oxygen atoms in total. The summed E-state index contributed by atoms with van der Waals surface area (Å²) < 4.78 is 2.32. The standard InChI is InChI=1S/C9H6BrClS2/c10-9-5-1-2-13-8(5)3-7(12)6(9)4-11/h1-3,12H,4H2. The maximum Gasteiger partial charge on any atom is 0.0496 e. The van der Waals surface area contributed by atoms with Gasteiger partial charge in [-0.05, 0) is 39.0 Å². The summed E-state index contributed by atoms with van der Waals surface area (Å²) in [5.41, 5.74) is 1.07. The zero-order valence-electron chi connectivity index (χ0n) is 6.55. The highest BCUT2D eigenvalue weighted by atomic mass is 79.9. The van der Waals surface area contributed by atoms with Crippen LogP contribution >= 0.6 is 51.5 Å². The van der Waals surface area contributed by atoms with Crippen molar-refractivity contribution in [3.05, 3.63) is 27.5 Å². The monoisotopic (exact) mass is 292 g/mol. The largest absolute Gasteiger partial charge is 0.144 e. The Labute approximate surface area is 99.4 Å². The Kier molecular flexibility index (Phi) is 2.88. The molecule has 0 saturated carbocycles. The van der Waals surface area contributed by atoms with Gasteiger partial charge >= 0.3 is 0 Å². The van der Waals surface area contributed by atoms with Crippen LogP contribution in [0.2, 0.25) is 0 Å². The van der Waals surface area contributed by atoms with Gasteiger partial charge in [-0.3, -0.25) is 0 Å². The van der Waals surface area contributed by atoms with Gasteiger partial charge in [0.05, 0.1) is 0 Å². The van der Waals surface area contributed by atoms with E-state index in [9.17, 15) is 0 Å². The zero-order valence-corrected chi connectivity index (χ0v) is 10.6. The van der Waals surface area contributed by atoms with Crippen molar-refractivity contribution >= 4 is 61.6 Å². The van der Waals surface area contributed by atoms with Crippen molar-refractivity contribution in [2.75, 3.05) is 0 Å². The van der Waals surface area contributed by atoms with E-state index in [0.29, 0.717) is 5.88 Å². The van der Waals surface area contributed by atoms with E-state index in [4.69, 9.17) is 11.6 Å². The zero-order chi connectivity index (χ0) is 9.42. The molecule has 1 aromatic carbocycles. The average Bonchev–Trinajstić information content (AvgIpc) is 2.53. The minimum absolute atomic E-state index is 0.491. The second-order valence-electron chi connectivity index (χ2n) is 2.65. The fourth-order valence-electron chi connectivity index (χ4n) is 1.23. The van der Waals surface area contributed by atoms with E-state index in [1.165, 1.54) is 10.1 Å². The number of alkyl halides is 1. The van der Waals surface area contributed by atoms with Gasteiger partial charge in [0.1, 0.15) is 0 Å². The number of benzene rings is 1. The van der Waals surface area contributed by atoms with Crippen LogP contribution in [0.4, 0.5) is 0 Å². The molecule has 0 saturated heterocycles. The second kappa shape index (κ2) is 3.81. The summed E-state index contributed by atoms with van der Waals surface area (Å²) in [4.78, 5) is 0.955. The summed E-state index contributed by atoms with van der Waals surface area (Å²) in [5, 5.41) is 3.29. The lowest BCUT2D eigenvalue weighted by atomic mass is 10.2. The van der Waals surface area contributed by atoms with Crippen LogP contribution in [0, 0.1) is 0 Å². The Bertz CT molecular complexity index is 450. The number of thiophene rings is 1. The molecule has 1 aromatic heterocycles. The van der Waals surface area contributed by atoms with Gasteiger partial charge in [0, 0.05) is 25.3 Å². The van der Waals surface area contributed by atoms with Crippen LogP contribution < -0.4 is 0 Å². The maximum absolute atomic E-state index is 5.83. The Morgan fingerprint density at radius 2 is 2.31 bits per heavy atom. The highest BCUT2D eigenvalue weighted by Crippen LogP contribution is 2.35. The van der Waals surface area contributed by atoms with E-state index in [0.717, 1.165) is 14.9 Å². The van der Waals surface area contributed by atoms with E-state index < -0.39 is 0 Å². The molecule has 0 fully saturated rings. The Morgan fingerprint density at radius 1 is 1.54 bits per heavy atom. The normalized spacial score (nSPS) is 11.0. The molecule has 0 aliphatic heterocycles. The van der Waals surface area contributed by atoms with Crippen LogP contribution in [-0.4, -0.2) is 0 Å². The summed E-state index contributed by atoms with van der Waals surface area (Å²) in [6.45, 7) is 0. The maximum atomic E-state index is 5.83. The van der Waals surface area contributed by atoms with Crippen LogP contribution in [0.25, 0.3) is 10.1 Å². The third kappa shape index (κ3) is 1.63. The molecule has 0 aliphatic rings. The molecule has 2 aromatic rings. The topological polar surface area (TPSA) is 0 Å². The summed E-state index contributed by atoms with van der Waals surface area (Å²) in [7, 11) is 0. The van der Waals surface area contributed by atoms with Crippen molar-refractivity contribution in [1.82, 2.24) is 0 Å². The second-order valence-corrected chi connectivity index (χ2v) is 5.14. The number of hydrogen-bond acceptors (Lipinski definition) is 2. The fraction of sp³-hybridized carbons (Fsp3) is 0.111. The van der Waals surface area contributed by atoms with Crippen LogP contribution in [0.3, 0.4) is 0 Å². The molecule has 0 N–H and O–H groups in total. The fourth-order valence-corrected chi connectivity index (χ4v) is 3.98. The lowest BCUT2D eigenvalue weighted by molar-refractivity contribution is 1.27. The molecule has 1 heterocycles. The molecule has 0 unspecified atom stereocenters. The first-order valence-electron chi connectivity index (χ1n) is 3.67. The quantitative estimate of drug-likeness (QED) is 0.572. The van der Waals surface area contributed by atoms with E-state index in [2.05, 4.69) is 46.1 Å². The smallest absolute Gasteiger partial charge is 0.0496 e. The number of thiol groups is 1. The van der Waals surface area contributed by atoms with Gasteiger partial charge in [-0.25, -0.2) is 0 Å². The van der Waals surface area contributed by atoms with Crippen LogP contribution in [0.15, 0.2) is 26.9 Å². The first-order chi connectivity index (χ1) is 6.24. The Balaban J connectivity index is 2.85. The Hall–Kier alpha value is 0.300. The van der Waals surface area contributed by atoms with E-state index in [1.807, 2.05) is 0 Å². The first kappa shape index (κ1) is 9.84. The van der Waals surface area contributed by atoms with Crippen molar-refractivity contribution in [2.45, 2.75) is 10.8 Å². The van der Waals surface area contributed by atoms with Gasteiger partial charge in [-0.1, -0.05) is 0 Å². The highest BCUT2D eigenvalue weighted by molar-refractivity contribution is 9.10. The Morgan fingerprint density at radius 3 is 3.00 bits per heavy atom. The average molecular weight is 294 g/mol. The lowest BCUT2D eigenvalue weighted by Crippen LogP contribution is -1.83. The summed E-state index contributed by atoms with van der Waals surface area (Å²) >= 11 is 15.5. The molecule has 2 rings (SSSR count). The number of fused-ring (bicyclic) bond motifs is 1. The van der Waals surface area contributed by atoms with Crippen LogP contribution in [-0.2, 0) is 5.88 Å². The SMILES string of the molecule is Sc1cc2sccc2c(Br)c1CCl. The van der Waals surface area contributed by atoms with Gasteiger partial charge in [0.2, 0.25) is 0 Å². The predicted molar refractivity (Wildman–Crippen MR) is 66.3 cm³/mol.